The molecule has 0 N–H and O–H groups in total. The van der Waals surface area contributed by atoms with Crippen LogP contribution in [0.15, 0.2) is 20.9 Å². The third-order valence-corrected chi connectivity index (χ3v) is 6.98. The zero-order valence-electron chi connectivity index (χ0n) is 11.3. The molecule has 0 unspecified atom stereocenters. The number of hydrogen-bond donors (Lipinski definition) is 0. The molecular weight excluding hydrogens is 334 g/mol. The van der Waals surface area contributed by atoms with E-state index < -0.39 is 10.0 Å². The predicted molar refractivity (Wildman–Crippen MR) is 79.1 cm³/mol. The van der Waals surface area contributed by atoms with Crippen molar-refractivity contribution in [1.29, 1.82) is 0 Å². The first kappa shape index (κ1) is 15.0. The van der Waals surface area contributed by atoms with Gasteiger partial charge in [-0.2, -0.15) is 9.29 Å². The number of piperidine rings is 1. The van der Waals surface area contributed by atoms with E-state index >= 15 is 0 Å². The Morgan fingerprint density at radius 3 is 2.90 bits per heavy atom. The summed E-state index contributed by atoms with van der Waals surface area (Å²) in [6.45, 7) is 2.61. The van der Waals surface area contributed by atoms with Crippen molar-refractivity contribution < 1.29 is 12.9 Å². The fraction of sp³-hybridized carbons (Fsp3) is 0.500. The van der Waals surface area contributed by atoms with E-state index in [-0.39, 0.29) is 10.1 Å². The summed E-state index contributed by atoms with van der Waals surface area (Å²) in [7, 11) is -3.50. The number of aromatic nitrogens is 2. The van der Waals surface area contributed by atoms with Crippen molar-refractivity contribution in [2.45, 2.75) is 29.9 Å². The molecule has 0 amide bonds. The van der Waals surface area contributed by atoms with Gasteiger partial charge in [-0.3, -0.25) is 0 Å². The first-order chi connectivity index (χ1) is 9.96. The van der Waals surface area contributed by atoms with E-state index in [1.807, 2.05) is 0 Å². The maximum atomic E-state index is 12.6. The van der Waals surface area contributed by atoms with Crippen molar-refractivity contribution in [3.05, 3.63) is 28.2 Å². The largest absolute Gasteiger partial charge is 0.339 e. The van der Waals surface area contributed by atoms with E-state index in [0.717, 1.165) is 24.2 Å². The van der Waals surface area contributed by atoms with Crippen LogP contribution in [0.4, 0.5) is 0 Å². The van der Waals surface area contributed by atoms with E-state index in [2.05, 4.69) is 10.1 Å². The van der Waals surface area contributed by atoms with E-state index in [1.54, 1.807) is 19.1 Å². The Bertz CT molecular complexity index is 741. The topological polar surface area (TPSA) is 76.3 Å². The molecular formula is C12H14ClN3O3S2. The molecule has 0 bridgehead atoms. The highest BCUT2D eigenvalue weighted by atomic mass is 35.5. The SMILES string of the molecule is Cc1noc([C@H]2CCCN(S(=O)(=O)c3ccc(Cl)s3)C2)n1. The van der Waals surface area contributed by atoms with E-state index in [0.29, 0.717) is 29.1 Å². The second kappa shape index (κ2) is 5.68. The van der Waals surface area contributed by atoms with Gasteiger partial charge in [-0.1, -0.05) is 16.8 Å². The number of aryl methyl sites for hydroxylation is 1. The Balaban J connectivity index is 1.83. The molecule has 1 saturated heterocycles. The summed E-state index contributed by atoms with van der Waals surface area (Å²) in [6.07, 6.45) is 1.61. The minimum atomic E-state index is -3.50. The van der Waals surface area contributed by atoms with Crippen molar-refractivity contribution in [1.82, 2.24) is 14.4 Å². The normalized spacial score (nSPS) is 20.8. The Hall–Kier alpha value is -0.960. The molecule has 1 aliphatic rings. The van der Waals surface area contributed by atoms with Gasteiger partial charge in [0.05, 0.1) is 10.3 Å². The quantitative estimate of drug-likeness (QED) is 0.853. The monoisotopic (exact) mass is 347 g/mol. The van der Waals surface area contributed by atoms with Crippen LogP contribution < -0.4 is 0 Å². The van der Waals surface area contributed by atoms with E-state index in [1.165, 1.54) is 4.31 Å². The molecule has 1 atom stereocenters. The molecule has 0 aliphatic carbocycles. The van der Waals surface area contributed by atoms with Crippen LogP contribution in [-0.2, 0) is 10.0 Å². The molecule has 0 spiro atoms. The average Bonchev–Trinajstić information content (AvgIpc) is 3.08. The predicted octanol–water partition coefficient (Wildman–Crippen LogP) is 2.66. The fourth-order valence-electron chi connectivity index (χ4n) is 2.40. The lowest BCUT2D eigenvalue weighted by molar-refractivity contribution is 0.265. The van der Waals surface area contributed by atoms with Crippen molar-refractivity contribution >= 4 is 33.0 Å². The van der Waals surface area contributed by atoms with Gasteiger partial charge in [0.2, 0.25) is 5.89 Å². The van der Waals surface area contributed by atoms with E-state index in [4.69, 9.17) is 16.1 Å². The van der Waals surface area contributed by atoms with Gasteiger partial charge in [-0.15, -0.1) is 11.3 Å². The first-order valence-electron chi connectivity index (χ1n) is 6.52. The zero-order valence-corrected chi connectivity index (χ0v) is 13.7. The minimum Gasteiger partial charge on any atom is -0.339 e. The van der Waals surface area contributed by atoms with Gasteiger partial charge >= 0.3 is 0 Å². The number of hydrogen-bond acceptors (Lipinski definition) is 6. The fourth-order valence-corrected chi connectivity index (χ4v) is 5.57. The standard InChI is InChI=1S/C12H14ClN3O3S2/c1-8-14-12(19-15-8)9-3-2-6-16(7-9)21(17,18)11-5-4-10(13)20-11/h4-5,9H,2-3,6-7H2,1H3/t9-/m0/s1. The van der Waals surface area contributed by atoms with Crippen LogP contribution >= 0.6 is 22.9 Å². The van der Waals surface area contributed by atoms with Gasteiger partial charge in [0.1, 0.15) is 4.21 Å². The molecule has 1 aliphatic heterocycles. The second-order valence-corrected chi connectivity index (χ2v) is 8.82. The maximum absolute atomic E-state index is 12.6. The molecule has 2 aromatic heterocycles. The summed E-state index contributed by atoms with van der Waals surface area (Å²) in [5, 5.41) is 3.77. The third kappa shape index (κ3) is 2.98. The van der Waals surface area contributed by atoms with Crippen LogP contribution in [-0.4, -0.2) is 36.0 Å². The summed E-state index contributed by atoms with van der Waals surface area (Å²) in [4.78, 5) is 4.21. The molecule has 0 radical (unpaired) electrons. The highest BCUT2D eigenvalue weighted by Crippen LogP contribution is 2.33. The summed E-state index contributed by atoms with van der Waals surface area (Å²) in [5.74, 6) is 1.02. The molecule has 9 heteroatoms. The van der Waals surface area contributed by atoms with Crippen LogP contribution in [0.1, 0.15) is 30.5 Å². The summed E-state index contributed by atoms with van der Waals surface area (Å²) in [6, 6.07) is 3.14. The lowest BCUT2D eigenvalue weighted by Crippen LogP contribution is -2.38. The Morgan fingerprint density at radius 2 is 2.29 bits per heavy atom. The first-order valence-corrected chi connectivity index (χ1v) is 9.16. The summed E-state index contributed by atoms with van der Waals surface area (Å²) in [5.41, 5.74) is 0. The third-order valence-electron chi connectivity index (χ3n) is 3.42. The highest BCUT2D eigenvalue weighted by molar-refractivity contribution is 7.91. The van der Waals surface area contributed by atoms with Crippen LogP contribution in [0.25, 0.3) is 0 Å². The molecule has 21 heavy (non-hydrogen) atoms. The summed E-state index contributed by atoms with van der Waals surface area (Å²) >= 11 is 6.91. The molecule has 1 fully saturated rings. The Morgan fingerprint density at radius 1 is 1.48 bits per heavy atom. The van der Waals surface area contributed by atoms with Crippen molar-refractivity contribution in [3.8, 4) is 0 Å². The zero-order chi connectivity index (χ0) is 15.0. The van der Waals surface area contributed by atoms with Crippen LogP contribution in [0.5, 0.6) is 0 Å². The van der Waals surface area contributed by atoms with Crippen LogP contribution in [0, 0.1) is 6.92 Å². The highest BCUT2D eigenvalue weighted by Gasteiger charge is 2.33. The van der Waals surface area contributed by atoms with Gasteiger partial charge in [-0.05, 0) is 31.9 Å². The van der Waals surface area contributed by atoms with Gasteiger partial charge < -0.3 is 4.52 Å². The summed E-state index contributed by atoms with van der Waals surface area (Å²) < 4.78 is 32.6. The molecule has 114 valence electrons. The second-order valence-electron chi connectivity index (χ2n) is 4.94. The van der Waals surface area contributed by atoms with Crippen molar-refractivity contribution in [2.75, 3.05) is 13.1 Å². The number of sulfonamides is 1. The molecule has 2 aromatic rings. The minimum absolute atomic E-state index is 0.0508. The number of nitrogens with zero attached hydrogens (tertiary/aromatic N) is 3. The Labute approximate surface area is 131 Å². The van der Waals surface area contributed by atoms with Crippen molar-refractivity contribution in [3.63, 3.8) is 0 Å². The molecule has 0 saturated carbocycles. The van der Waals surface area contributed by atoms with Crippen molar-refractivity contribution in [2.24, 2.45) is 0 Å². The van der Waals surface area contributed by atoms with E-state index in [9.17, 15) is 8.42 Å². The molecule has 3 rings (SSSR count). The number of rotatable bonds is 3. The lowest BCUT2D eigenvalue weighted by Gasteiger charge is -2.29. The van der Waals surface area contributed by atoms with Crippen LogP contribution in [0.3, 0.4) is 0 Å². The van der Waals surface area contributed by atoms with Gasteiger partial charge in [0.25, 0.3) is 10.0 Å². The lowest BCUT2D eigenvalue weighted by atomic mass is 10.00. The smallest absolute Gasteiger partial charge is 0.252 e. The van der Waals surface area contributed by atoms with Crippen LogP contribution in [0.2, 0.25) is 4.34 Å². The Kier molecular flexibility index (Phi) is 4.04. The van der Waals surface area contributed by atoms with Gasteiger partial charge in [0, 0.05) is 13.1 Å². The van der Waals surface area contributed by atoms with Gasteiger partial charge in [-0.25, -0.2) is 8.42 Å². The molecule has 6 nitrogen and oxygen atoms in total. The number of thiophene rings is 1. The molecule has 3 heterocycles. The number of halogens is 1. The molecule has 0 aromatic carbocycles. The maximum Gasteiger partial charge on any atom is 0.252 e. The average molecular weight is 348 g/mol. The van der Waals surface area contributed by atoms with Gasteiger partial charge in [0.15, 0.2) is 5.82 Å².